The monoisotopic (exact) mass is 304 g/mol. The van der Waals surface area contributed by atoms with Crippen molar-refractivity contribution in [1.82, 2.24) is 10.3 Å². The van der Waals surface area contributed by atoms with E-state index in [4.69, 9.17) is 0 Å². The molecule has 0 radical (unpaired) electrons. The van der Waals surface area contributed by atoms with Gasteiger partial charge in [0.25, 0.3) is 0 Å². The highest BCUT2D eigenvalue weighted by molar-refractivity contribution is 9.11. The second kappa shape index (κ2) is 4.07. The molecule has 1 saturated heterocycles. The van der Waals surface area contributed by atoms with Crippen LogP contribution in [0.1, 0.15) is 24.4 Å². The minimum absolute atomic E-state index is 0.481. The summed E-state index contributed by atoms with van der Waals surface area (Å²) in [6.07, 6.45) is 2.47. The molecule has 0 aliphatic carbocycles. The van der Waals surface area contributed by atoms with Gasteiger partial charge in [-0.2, -0.15) is 0 Å². The Balaban J connectivity index is 2.29. The predicted molar refractivity (Wildman–Crippen MR) is 59.6 cm³/mol. The van der Waals surface area contributed by atoms with Crippen LogP contribution >= 0.6 is 31.9 Å². The first-order valence-corrected chi connectivity index (χ1v) is 5.91. The zero-order valence-corrected chi connectivity index (χ0v) is 10.2. The van der Waals surface area contributed by atoms with Crippen molar-refractivity contribution < 1.29 is 0 Å². The van der Waals surface area contributed by atoms with Crippen molar-refractivity contribution in [3.05, 3.63) is 26.9 Å². The van der Waals surface area contributed by atoms with Gasteiger partial charge in [-0.15, -0.1) is 0 Å². The van der Waals surface area contributed by atoms with E-state index >= 15 is 0 Å². The second-order valence-electron chi connectivity index (χ2n) is 3.16. The molecule has 13 heavy (non-hydrogen) atoms. The molecule has 1 aliphatic heterocycles. The van der Waals surface area contributed by atoms with Crippen molar-refractivity contribution in [2.75, 3.05) is 6.54 Å². The third kappa shape index (κ3) is 2.11. The largest absolute Gasteiger partial charge is 0.310 e. The fourth-order valence-corrected chi connectivity index (χ4v) is 2.78. The van der Waals surface area contributed by atoms with E-state index in [0.29, 0.717) is 6.04 Å². The Hall–Kier alpha value is 0.0700. The number of pyridine rings is 1. The van der Waals surface area contributed by atoms with Gasteiger partial charge in [0.05, 0.1) is 0 Å². The maximum Gasteiger partial charge on any atom is 0.112 e. The summed E-state index contributed by atoms with van der Waals surface area (Å²) in [6, 6.07) is 4.58. The van der Waals surface area contributed by atoms with Crippen LogP contribution in [0.15, 0.2) is 21.3 Å². The summed E-state index contributed by atoms with van der Waals surface area (Å²) < 4.78 is 1.82. The van der Waals surface area contributed by atoms with Gasteiger partial charge in [0.1, 0.15) is 9.21 Å². The van der Waals surface area contributed by atoms with Crippen LogP contribution in [0.2, 0.25) is 0 Å². The molecule has 0 aromatic carbocycles. The molecule has 4 heteroatoms. The number of nitrogens with zero attached hydrogens (tertiary/aromatic N) is 1. The van der Waals surface area contributed by atoms with Gasteiger partial charge in [-0.05, 0) is 57.3 Å². The zero-order valence-electron chi connectivity index (χ0n) is 7.06. The van der Waals surface area contributed by atoms with Crippen molar-refractivity contribution in [2.24, 2.45) is 0 Å². The summed E-state index contributed by atoms with van der Waals surface area (Å²) in [6.45, 7) is 1.12. The maximum atomic E-state index is 4.31. The highest BCUT2D eigenvalue weighted by Gasteiger charge is 2.18. The molecule has 70 valence electrons. The van der Waals surface area contributed by atoms with Gasteiger partial charge in [-0.3, -0.25) is 0 Å². The van der Waals surface area contributed by atoms with E-state index in [2.05, 4.69) is 48.2 Å². The average molecular weight is 306 g/mol. The fraction of sp³-hybridized carbons (Fsp3) is 0.444. The molecule has 2 rings (SSSR count). The van der Waals surface area contributed by atoms with E-state index in [0.717, 1.165) is 15.8 Å². The number of halogens is 2. The normalized spacial score (nSPS) is 22.2. The summed E-state index contributed by atoms with van der Waals surface area (Å²) in [7, 11) is 0. The van der Waals surface area contributed by atoms with E-state index in [1.165, 1.54) is 18.4 Å². The molecule has 1 aliphatic rings. The van der Waals surface area contributed by atoms with Crippen molar-refractivity contribution in [3.8, 4) is 0 Å². The Morgan fingerprint density at radius 1 is 1.38 bits per heavy atom. The molecule has 1 N–H and O–H groups in total. The fourth-order valence-electron chi connectivity index (χ4n) is 1.63. The lowest BCUT2D eigenvalue weighted by Gasteiger charge is -2.11. The molecule has 0 unspecified atom stereocenters. The van der Waals surface area contributed by atoms with Crippen LogP contribution in [0.3, 0.4) is 0 Å². The van der Waals surface area contributed by atoms with E-state index in [9.17, 15) is 0 Å². The number of hydrogen-bond donors (Lipinski definition) is 1. The molecule has 1 aromatic rings. The first-order chi connectivity index (χ1) is 6.27. The van der Waals surface area contributed by atoms with Crippen molar-refractivity contribution in [2.45, 2.75) is 18.9 Å². The zero-order chi connectivity index (χ0) is 9.26. The molecule has 2 nitrogen and oxygen atoms in total. The van der Waals surface area contributed by atoms with Crippen LogP contribution < -0.4 is 5.32 Å². The smallest absolute Gasteiger partial charge is 0.112 e. The van der Waals surface area contributed by atoms with Crippen LogP contribution in [0.4, 0.5) is 0 Å². The van der Waals surface area contributed by atoms with Gasteiger partial charge in [0, 0.05) is 11.6 Å². The third-order valence-corrected chi connectivity index (χ3v) is 3.36. The van der Waals surface area contributed by atoms with Crippen LogP contribution in [-0.2, 0) is 0 Å². The summed E-state index contributed by atoms with van der Waals surface area (Å²) >= 11 is 6.82. The van der Waals surface area contributed by atoms with Crippen LogP contribution in [0, 0.1) is 0 Å². The third-order valence-electron chi connectivity index (χ3n) is 2.28. The lowest BCUT2D eigenvalue weighted by Crippen LogP contribution is -2.13. The first-order valence-electron chi connectivity index (χ1n) is 4.33. The summed E-state index contributed by atoms with van der Waals surface area (Å²) in [5, 5.41) is 3.45. The molecule has 1 fully saturated rings. The van der Waals surface area contributed by atoms with E-state index < -0.39 is 0 Å². The Morgan fingerprint density at radius 2 is 2.23 bits per heavy atom. The topological polar surface area (TPSA) is 24.9 Å². The van der Waals surface area contributed by atoms with Gasteiger partial charge < -0.3 is 5.32 Å². The van der Waals surface area contributed by atoms with E-state index in [1.54, 1.807) is 0 Å². The lowest BCUT2D eigenvalue weighted by atomic mass is 10.1. The van der Waals surface area contributed by atoms with Crippen molar-refractivity contribution >= 4 is 31.9 Å². The SMILES string of the molecule is Brc1ccc([C@H]2CCCN2)c(Br)n1. The minimum atomic E-state index is 0.481. The minimum Gasteiger partial charge on any atom is -0.310 e. The van der Waals surface area contributed by atoms with Crippen molar-refractivity contribution in [1.29, 1.82) is 0 Å². The van der Waals surface area contributed by atoms with Crippen LogP contribution in [0.25, 0.3) is 0 Å². The number of aromatic nitrogens is 1. The summed E-state index contributed by atoms with van der Waals surface area (Å²) in [4.78, 5) is 4.31. The molecule has 0 bridgehead atoms. The van der Waals surface area contributed by atoms with Crippen LogP contribution in [-0.4, -0.2) is 11.5 Å². The summed E-state index contributed by atoms with van der Waals surface area (Å²) in [5.74, 6) is 0. The van der Waals surface area contributed by atoms with Gasteiger partial charge in [-0.25, -0.2) is 4.98 Å². The molecular formula is C9H10Br2N2. The van der Waals surface area contributed by atoms with Crippen LogP contribution in [0.5, 0.6) is 0 Å². The molecule has 0 spiro atoms. The lowest BCUT2D eigenvalue weighted by molar-refractivity contribution is 0.641. The highest BCUT2D eigenvalue weighted by Crippen LogP contribution is 2.29. The van der Waals surface area contributed by atoms with Gasteiger partial charge in [-0.1, -0.05) is 6.07 Å². The first kappa shape index (κ1) is 9.62. The van der Waals surface area contributed by atoms with Crippen molar-refractivity contribution in [3.63, 3.8) is 0 Å². The number of rotatable bonds is 1. The number of nitrogens with one attached hydrogen (secondary N) is 1. The highest BCUT2D eigenvalue weighted by atomic mass is 79.9. The van der Waals surface area contributed by atoms with Gasteiger partial charge in [0.2, 0.25) is 0 Å². The molecule has 1 atom stereocenters. The Morgan fingerprint density at radius 3 is 2.85 bits per heavy atom. The van der Waals surface area contributed by atoms with Gasteiger partial charge >= 0.3 is 0 Å². The molecular weight excluding hydrogens is 296 g/mol. The average Bonchev–Trinajstić information content (AvgIpc) is 2.56. The molecule has 2 heterocycles. The van der Waals surface area contributed by atoms with Gasteiger partial charge in [0.15, 0.2) is 0 Å². The summed E-state index contributed by atoms with van der Waals surface area (Å²) in [5.41, 5.74) is 1.26. The molecule has 1 aromatic heterocycles. The number of hydrogen-bond acceptors (Lipinski definition) is 2. The quantitative estimate of drug-likeness (QED) is 0.807. The standard InChI is InChI=1S/C9H10Br2N2/c10-8-4-3-6(9(11)13-8)7-2-1-5-12-7/h3-4,7,12H,1-2,5H2/t7-/m1/s1. The van der Waals surface area contributed by atoms with E-state index in [-0.39, 0.29) is 0 Å². The molecule has 0 saturated carbocycles. The Bertz CT molecular complexity index is 308. The maximum absolute atomic E-state index is 4.31. The Labute approximate surface area is 94.4 Å². The molecule has 0 amide bonds. The van der Waals surface area contributed by atoms with E-state index in [1.807, 2.05) is 6.07 Å². The second-order valence-corrected chi connectivity index (χ2v) is 4.73. The Kier molecular flexibility index (Phi) is 3.01. The predicted octanol–water partition coefficient (Wildman–Crippen LogP) is 3.03.